The Morgan fingerprint density at radius 2 is 2.17 bits per heavy atom. The summed E-state index contributed by atoms with van der Waals surface area (Å²) in [5.74, 6) is 0.187. The van der Waals surface area contributed by atoms with Crippen LogP contribution >= 0.6 is 0 Å². The van der Waals surface area contributed by atoms with Crippen LogP contribution in [0.2, 0.25) is 0 Å². The van der Waals surface area contributed by atoms with Gasteiger partial charge in [0.15, 0.2) is 0 Å². The highest BCUT2D eigenvalue weighted by atomic mass is 16.2. The monoisotopic (exact) mass is 245 g/mol. The van der Waals surface area contributed by atoms with E-state index in [1.807, 2.05) is 13.0 Å². The van der Waals surface area contributed by atoms with Gasteiger partial charge in [-0.1, -0.05) is 0 Å². The Morgan fingerprint density at radius 3 is 2.72 bits per heavy atom. The predicted octanol–water partition coefficient (Wildman–Crippen LogP) is 1.27. The van der Waals surface area contributed by atoms with E-state index < -0.39 is 0 Å². The molecule has 0 saturated heterocycles. The molecule has 2 aromatic rings. The van der Waals surface area contributed by atoms with Gasteiger partial charge in [-0.2, -0.15) is 5.10 Å². The molecule has 0 unspecified atom stereocenters. The van der Waals surface area contributed by atoms with Crippen LogP contribution in [-0.2, 0) is 7.05 Å². The van der Waals surface area contributed by atoms with Crippen LogP contribution in [-0.4, -0.2) is 20.7 Å². The van der Waals surface area contributed by atoms with E-state index in [1.165, 1.54) is 4.68 Å². The van der Waals surface area contributed by atoms with Crippen molar-refractivity contribution in [1.82, 2.24) is 14.8 Å². The molecule has 0 atom stereocenters. The van der Waals surface area contributed by atoms with Crippen LogP contribution in [0.5, 0.6) is 0 Å². The van der Waals surface area contributed by atoms with Crippen LogP contribution in [0, 0.1) is 13.8 Å². The number of nitrogens with one attached hydrogen (secondary N) is 1. The maximum absolute atomic E-state index is 12.1. The topological polar surface area (TPSA) is 85.8 Å². The summed E-state index contributed by atoms with van der Waals surface area (Å²) in [6.45, 7) is 3.69. The molecule has 0 fully saturated rings. The molecule has 2 heterocycles. The SMILES string of the molecule is Cc1ccnc(NC(=O)c2c(N)c(C)nn2C)c1. The van der Waals surface area contributed by atoms with Gasteiger partial charge in [-0.25, -0.2) is 4.98 Å². The fourth-order valence-corrected chi connectivity index (χ4v) is 1.72. The number of hydrogen-bond acceptors (Lipinski definition) is 4. The highest BCUT2D eigenvalue weighted by Gasteiger charge is 2.18. The minimum Gasteiger partial charge on any atom is -0.395 e. The molecule has 6 nitrogen and oxygen atoms in total. The molecule has 2 aromatic heterocycles. The predicted molar refractivity (Wildman–Crippen MR) is 69.3 cm³/mol. The number of anilines is 2. The molecule has 94 valence electrons. The van der Waals surface area contributed by atoms with E-state index in [1.54, 1.807) is 26.2 Å². The van der Waals surface area contributed by atoms with Crippen molar-refractivity contribution >= 4 is 17.4 Å². The lowest BCUT2D eigenvalue weighted by molar-refractivity contribution is 0.101. The van der Waals surface area contributed by atoms with Crippen LogP contribution in [0.15, 0.2) is 18.3 Å². The van der Waals surface area contributed by atoms with Crippen LogP contribution < -0.4 is 11.1 Å². The lowest BCUT2D eigenvalue weighted by Gasteiger charge is -2.06. The van der Waals surface area contributed by atoms with Gasteiger partial charge in [0.1, 0.15) is 11.5 Å². The Hall–Kier alpha value is -2.37. The van der Waals surface area contributed by atoms with Gasteiger partial charge < -0.3 is 11.1 Å². The largest absolute Gasteiger partial charge is 0.395 e. The summed E-state index contributed by atoms with van der Waals surface area (Å²) < 4.78 is 1.47. The zero-order valence-electron chi connectivity index (χ0n) is 10.6. The third-order valence-electron chi connectivity index (χ3n) is 2.64. The molecular weight excluding hydrogens is 230 g/mol. The Balaban J connectivity index is 2.27. The van der Waals surface area contributed by atoms with Crippen molar-refractivity contribution in [3.05, 3.63) is 35.3 Å². The van der Waals surface area contributed by atoms with Gasteiger partial charge in [0, 0.05) is 13.2 Å². The molecule has 1 amide bonds. The van der Waals surface area contributed by atoms with Crippen LogP contribution in [0.25, 0.3) is 0 Å². The standard InChI is InChI=1S/C12H15N5O/c1-7-4-5-14-9(6-7)15-12(18)11-10(13)8(2)16-17(11)3/h4-6H,13H2,1-3H3,(H,14,15,18). The van der Waals surface area contributed by atoms with Gasteiger partial charge in [0.25, 0.3) is 5.91 Å². The van der Waals surface area contributed by atoms with E-state index in [0.717, 1.165) is 5.56 Å². The van der Waals surface area contributed by atoms with Crippen molar-refractivity contribution in [2.75, 3.05) is 11.1 Å². The quantitative estimate of drug-likeness (QED) is 0.834. The average Bonchev–Trinajstić information content (AvgIpc) is 2.53. The molecule has 0 spiro atoms. The van der Waals surface area contributed by atoms with Gasteiger partial charge in [-0.3, -0.25) is 9.48 Å². The van der Waals surface area contributed by atoms with E-state index in [0.29, 0.717) is 22.9 Å². The van der Waals surface area contributed by atoms with Gasteiger partial charge in [-0.05, 0) is 31.5 Å². The van der Waals surface area contributed by atoms with Crippen LogP contribution in [0.3, 0.4) is 0 Å². The minimum atomic E-state index is -0.311. The number of rotatable bonds is 2. The first-order chi connectivity index (χ1) is 8.49. The first kappa shape index (κ1) is 12.1. The molecule has 0 saturated carbocycles. The van der Waals surface area contributed by atoms with E-state index in [2.05, 4.69) is 15.4 Å². The lowest BCUT2D eigenvalue weighted by atomic mass is 10.2. The Labute approximate surface area is 105 Å². The van der Waals surface area contributed by atoms with Gasteiger partial charge in [-0.15, -0.1) is 0 Å². The third kappa shape index (κ3) is 2.17. The first-order valence-corrected chi connectivity index (χ1v) is 5.52. The molecule has 2 rings (SSSR count). The van der Waals surface area contributed by atoms with Gasteiger partial charge in [0.2, 0.25) is 0 Å². The van der Waals surface area contributed by atoms with Crippen molar-refractivity contribution < 1.29 is 4.79 Å². The van der Waals surface area contributed by atoms with Crippen LogP contribution in [0.4, 0.5) is 11.5 Å². The number of nitrogen functional groups attached to an aromatic ring is 1. The molecule has 0 bridgehead atoms. The zero-order valence-corrected chi connectivity index (χ0v) is 10.6. The normalized spacial score (nSPS) is 10.4. The summed E-state index contributed by atoms with van der Waals surface area (Å²) in [5, 5.41) is 6.80. The molecule has 0 aliphatic rings. The Kier molecular flexibility index (Phi) is 3.01. The first-order valence-electron chi connectivity index (χ1n) is 5.52. The second-order valence-corrected chi connectivity index (χ2v) is 4.14. The second-order valence-electron chi connectivity index (χ2n) is 4.14. The highest BCUT2D eigenvalue weighted by molar-refractivity contribution is 6.06. The molecule has 0 aromatic carbocycles. The summed E-state index contributed by atoms with van der Waals surface area (Å²) in [5.41, 5.74) is 8.22. The van der Waals surface area contributed by atoms with E-state index >= 15 is 0 Å². The van der Waals surface area contributed by atoms with Crippen molar-refractivity contribution in [3.63, 3.8) is 0 Å². The molecule has 3 N–H and O–H groups in total. The molecule has 0 radical (unpaired) electrons. The summed E-state index contributed by atoms with van der Waals surface area (Å²) in [4.78, 5) is 16.2. The number of hydrogen-bond donors (Lipinski definition) is 2. The summed E-state index contributed by atoms with van der Waals surface area (Å²) in [6, 6.07) is 3.65. The fraction of sp³-hybridized carbons (Fsp3) is 0.250. The number of carbonyl (C=O) groups is 1. The van der Waals surface area contributed by atoms with E-state index in [9.17, 15) is 4.79 Å². The molecular formula is C12H15N5O. The molecule has 0 aliphatic carbocycles. The summed E-state index contributed by atoms with van der Waals surface area (Å²) in [6.07, 6.45) is 1.64. The minimum absolute atomic E-state index is 0.311. The summed E-state index contributed by atoms with van der Waals surface area (Å²) >= 11 is 0. The number of nitrogens with two attached hydrogens (primary N) is 1. The van der Waals surface area contributed by atoms with Gasteiger partial charge >= 0.3 is 0 Å². The van der Waals surface area contributed by atoms with E-state index in [-0.39, 0.29) is 5.91 Å². The van der Waals surface area contributed by atoms with Crippen molar-refractivity contribution in [3.8, 4) is 0 Å². The van der Waals surface area contributed by atoms with E-state index in [4.69, 9.17) is 5.73 Å². The molecule has 18 heavy (non-hydrogen) atoms. The number of pyridine rings is 1. The fourth-order valence-electron chi connectivity index (χ4n) is 1.72. The second kappa shape index (κ2) is 4.48. The summed E-state index contributed by atoms with van der Waals surface area (Å²) in [7, 11) is 1.68. The molecule has 0 aliphatic heterocycles. The number of aryl methyl sites for hydroxylation is 3. The number of aromatic nitrogens is 3. The number of amides is 1. The number of nitrogens with zero attached hydrogens (tertiary/aromatic N) is 3. The maximum atomic E-state index is 12.1. The Bertz CT molecular complexity index is 603. The molecule has 6 heteroatoms. The third-order valence-corrected chi connectivity index (χ3v) is 2.64. The zero-order chi connectivity index (χ0) is 13.3. The maximum Gasteiger partial charge on any atom is 0.277 e. The van der Waals surface area contributed by atoms with Gasteiger partial charge in [0.05, 0.1) is 11.4 Å². The van der Waals surface area contributed by atoms with Crippen molar-refractivity contribution in [2.24, 2.45) is 7.05 Å². The van der Waals surface area contributed by atoms with Crippen molar-refractivity contribution in [2.45, 2.75) is 13.8 Å². The highest BCUT2D eigenvalue weighted by Crippen LogP contribution is 2.16. The van der Waals surface area contributed by atoms with Crippen molar-refractivity contribution in [1.29, 1.82) is 0 Å². The smallest absolute Gasteiger partial charge is 0.277 e. The lowest BCUT2D eigenvalue weighted by Crippen LogP contribution is -2.18. The van der Waals surface area contributed by atoms with Crippen LogP contribution in [0.1, 0.15) is 21.7 Å². The average molecular weight is 245 g/mol. The number of carbonyl (C=O) groups excluding carboxylic acids is 1. The Morgan fingerprint density at radius 1 is 1.44 bits per heavy atom.